The number of nitrogens with two attached hydrogens (primary N) is 2. The number of aromatic carboxylic acids is 1. The maximum absolute atomic E-state index is 12.7. The zero-order valence-electron chi connectivity index (χ0n) is 23.2. The van der Waals surface area contributed by atoms with E-state index in [1.807, 2.05) is 0 Å². The molecule has 2 aromatic heterocycles. The highest BCUT2D eigenvalue weighted by Gasteiger charge is 2.21. The number of carboxylic acid groups (broad SMARTS) is 2. The molecule has 0 bridgehead atoms. The fourth-order valence-electron chi connectivity index (χ4n) is 4.33. The minimum Gasteiger partial charge on any atom is -0.480 e. The summed E-state index contributed by atoms with van der Waals surface area (Å²) in [5, 5.41) is 24.0. The van der Waals surface area contributed by atoms with Gasteiger partial charge in [0.05, 0.1) is 23.0 Å². The van der Waals surface area contributed by atoms with E-state index in [1.54, 1.807) is 43.5 Å². The van der Waals surface area contributed by atoms with E-state index < -0.39 is 29.8 Å². The van der Waals surface area contributed by atoms with E-state index in [-0.39, 0.29) is 47.8 Å². The van der Waals surface area contributed by atoms with Gasteiger partial charge in [-0.05, 0) is 62.4 Å². The van der Waals surface area contributed by atoms with E-state index in [1.165, 1.54) is 12.1 Å². The third-order valence-electron chi connectivity index (χ3n) is 6.60. The number of carbonyl (C=O) groups is 4. The van der Waals surface area contributed by atoms with Gasteiger partial charge in [-0.15, -0.1) is 0 Å². The summed E-state index contributed by atoms with van der Waals surface area (Å²) in [5.41, 5.74) is 14.6. The number of rotatable bonds is 12. The highest BCUT2D eigenvalue weighted by atomic mass is 16.4. The van der Waals surface area contributed by atoms with Gasteiger partial charge < -0.3 is 32.3 Å². The zero-order valence-corrected chi connectivity index (χ0v) is 23.2. The van der Waals surface area contributed by atoms with Gasteiger partial charge in [0.25, 0.3) is 11.8 Å². The van der Waals surface area contributed by atoms with Gasteiger partial charge in [0.15, 0.2) is 17.0 Å². The second-order valence-electron chi connectivity index (χ2n) is 9.81. The lowest BCUT2D eigenvalue weighted by molar-refractivity contribution is -0.139. The van der Waals surface area contributed by atoms with Crippen LogP contribution in [0.25, 0.3) is 11.2 Å². The molecule has 43 heavy (non-hydrogen) atoms. The van der Waals surface area contributed by atoms with Crippen LogP contribution in [0.5, 0.6) is 0 Å². The highest BCUT2D eigenvalue weighted by Crippen LogP contribution is 2.16. The van der Waals surface area contributed by atoms with Crippen LogP contribution in [0.1, 0.15) is 60.7 Å². The Morgan fingerprint density at radius 1 is 0.907 bits per heavy atom. The average Bonchev–Trinajstić information content (AvgIpc) is 2.97. The molecule has 14 heteroatoms. The summed E-state index contributed by atoms with van der Waals surface area (Å²) in [4.78, 5) is 65.0. The molecular weight excluding hydrogens is 556 g/mol. The monoisotopic (exact) mass is 586 g/mol. The summed E-state index contributed by atoms with van der Waals surface area (Å²) >= 11 is 0. The van der Waals surface area contributed by atoms with Gasteiger partial charge in [0.1, 0.15) is 6.04 Å². The van der Waals surface area contributed by atoms with Crippen molar-refractivity contribution in [3.8, 4) is 0 Å². The van der Waals surface area contributed by atoms with E-state index in [4.69, 9.17) is 11.5 Å². The summed E-state index contributed by atoms with van der Waals surface area (Å²) in [6.45, 7) is 1.83. The topological polar surface area (TPSA) is 236 Å². The lowest BCUT2D eigenvalue weighted by Gasteiger charge is -2.15. The molecule has 4 rings (SSSR count). The van der Waals surface area contributed by atoms with Crippen LogP contribution in [-0.4, -0.2) is 66.5 Å². The minimum atomic E-state index is -1.22. The van der Waals surface area contributed by atoms with Crippen LogP contribution < -0.4 is 22.1 Å². The van der Waals surface area contributed by atoms with Crippen LogP contribution in [0.15, 0.2) is 48.7 Å². The summed E-state index contributed by atoms with van der Waals surface area (Å²) in [6.07, 6.45) is 3.01. The Morgan fingerprint density at radius 3 is 2.35 bits per heavy atom. The number of hydrogen-bond acceptors (Lipinski definition) is 10. The van der Waals surface area contributed by atoms with Crippen LogP contribution in [0, 0.1) is 6.92 Å². The molecule has 14 nitrogen and oxygen atoms in total. The Kier molecular flexibility index (Phi) is 9.40. The molecule has 0 aliphatic rings. The SMILES string of the molecule is Cc1ccc(C(=O)O)c(C(=O)NCCC[C@H](NC(=O)c2ccc(CCc3cnc4nc(N)nc(N)c4n3)cc2)C(=O)O)c1. The lowest BCUT2D eigenvalue weighted by Crippen LogP contribution is -2.41. The van der Waals surface area contributed by atoms with Crippen molar-refractivity contribution in [2.75, 3.05) is 18.0 Å². The predicted octanol–water partition coefficient (Wildman–Crippen LogP) is 1.77. The maximum atomic E-state index is 12.7. The van der Waals surface area contributed by atoms with Gasteiger partial charge in [-0.2, -0.15) is 9.97 Å². The molecule has 0 radical (unpaired) electrons. The van der Waals surface area contributed by atoms with Gasteiger partial charge >= 0.3 is 11.9 Å². The number of nitrogens with zero attached hydrogens (tertiary/aromatic N) is 4. The molecule has 2 heterocycles. The van der Waals surface area contributed by atoms with Crippen molar-refractivity contribution in [2.24, 2.45) is 0 Å². The first-order chi connectivity index (χ1) is 20.5. The molecular formula is C29H30N8O6. The molecule has 1 atom stereocenters. The predicted molar refractivity (Wildman–Crippen MR) is 156 cm³/mol. The normalized spacial score (nSPS) is 11.6. The first-order valence-corrected chi connectivity index (χ1v) is 13.3. The molecule has 0 unspecified atom stereocenters. The zero-order chi connectivity index (χ0) is 31.1. The van der Waals surface area contributed by atoms with Gasteiger partial charge in [-0.1, -0.05) is 23.8 Å². The summed E-state index contributed by atoms with van der Waals surface area (Å²) in [5.74, 6) is -3.40. The van der Waals surface area contributed by atoms with E-state index in [2.05, 4.69) is 30.6 Å². The quantitative estimate of drug-likeness (QED) is 0.130. The third kappa shape index (κ3) is 7.75. The molecule has 2 aromatic carbocycles. The second kappa shape index (κ2) is 13.3. The van der Waals surface area contributed by atoms with Crippen LogP contribution in [0.3, 0.4) is 0 Å². The average molecular weight is 587 g/mol. The van der Waals surface area contributed by atoms with Crippen molar-refractivity contribution in [2.45, 2.75) is 38.6 Å². The van der Waals surface area contributed by atoms with Crippen LogP contribution in [0.4, 0.5) is 11.8 Å². The van der Waals surface area contributed by atoms with Gasteiger partial charge in [-0.25, -0.2) is 19.6 Å². The molecule has 0 aliphatic carbocycles. The molecule has 0 fully saturated rings. The number of carbonyl (C=O) groups excluding carboxylic acids is 2. The smallest absolute Gasteiger partial charge is 0.336 e. The Hall–Kier alpha value is -5.66. The number of aromatic nitrogens is 4. The Bertz CT molecular complexity index is 1690. The molecule has 8 N–H and O–H groups in total. The van der Waals surface area contributed by atoms with Gasteiger partial charge in [0.2, 0.25) is 5.95 Å². The number of hydrogen-bond donors (Lipinski definition) is 6. The first-order valence-electron chi connectivity index (χ1n) is 13.3. The first kappa shape index (κ1) is 30.3. The number of carboxylic acids is 2. The number of anilines is 2. The number of aliphatic carboxylic acids is 1. The van der Waals surface area contributed by atoms with Crippen molar-refractivity contribution in [3.05, 3.63) is 82.2 Å². The van der Waals surface area contributed by atoms with Crippen LogP contribution in [0.2, 0.25) is 0 Å². The van der Waals surface area contributed by atoms with Crippen molar-refractivity contribution >= 4 is 46.7 Å². The molecule has 2 amide bonds. The summed E-state index contributed by atoms with van der Waals surface area (Å²) in [6, 6.07) is 9.99. The number of benzene rings is 2. The van der Waals surface area contributed by atoms with Gasteiger partial charge in [0, 0.05) is 12.1 Å². The molecule has 0 aliphatic heterocycles. The number of fused-ring (bicyclic) bond motifs is 1. The number of aryl methyl sites for hydroxylation is 3. The maximum Gasteiger partial charge on any atom is 0.336 e. The molecule has 222 valence electrons. The second-order valence-corrected chi connectivity index (χ2v) is 9.81. The number of amides is 2. The largest absolute Gasteiger partial charge is 0.480 e. The summed E-state index contributed by atoms with van der Waals surface area (Å²) in [7, 11) is 0. The van der Waals surface area contributed by atoms with Gasteiger partial charge in [-0.3, -0.25) is 9.59 Å². The third-order valence-corrected chi connectivity index (χ3v) is 6.60. The summed E-state index contributed by atoms with van der Waals surface area (Å²) < 4.78 is 0. The molecule has 0 spiro atoms. The van der Waals surface area contributed by atoms with Crippen LogP contribution >= 0.6 is 0 Å². The molecule has 0 saturated carbocycles. The van der Waals surface area contributed by atoms with E-state index in [9.17, 15) is 29.4 Å². The van der Waals surface area contributed by atoms with E-state index in [0.29, 0.717) is 29.7 Å². The van der Waals surface area contributed by atoms with Crippen molar-refractivity contribution < 1.29 is 29.4 Å². The number of nitrogen functional groups attached to an aromatic ring is 2. The van der Waals surface area contributed by atoms with E-state index >= 15 is 0 Å². The van der Waals surface area contributed by atoms with Crippen molar-refractivity contribution in [1.82, 2.24) is 30.6 Å². The fraction of sp³-hybridized carbons (Fsp3) is 0.241. The standard InChI is InChI=1S/C29H30N8O6/c1-15-4-11-19(27(40)41)20(13-15)26(39)32-12-2-3-21(28(42)43)35-25(38)17-8-5-16(6-9-17)7-10-18-14-33-24-22(34-18)23(30)36-29(31)37-24/h4-6,8-9,11,13-14,21H,2-3,7,10,12H2,1H3,(H,32,39)(H,35,38)(H,40,41)(H,42,43)(H4,30,31,33,36,37)/t21-/m0/s1. The Balaban J connectivity index is 1.28. The van der Waals surface area contributed by atoms with Crippen LogP contribution in [-0.2, 0) is 17.6 Å². The molecule has 4 aromatic rings. The molecule has 0 saturated heterocycles. The Morgan fingerprint density at radius 2 is 1.65 bits per heavy atom. The lowest BCUT2D eigenvalue weighted by atomic mass is 10.0. The van der Waals surface area contributed by atoms with E-state index in [0.717, 1.165) is 11.1 Å². The minimum absolute atomic E-state index is 0.0193. The fourth-order valence-corrected chi connectivity index (χ4v) is 4.33. The number of nitrogens with one attached hydrogen (secondary N) is 2. The Labute approximate surface area is 245 Å². The highest BCUT2D eigenvalue weighted by molar-refractivity contribution is 6.05. The van der Waals surface area contributed by atoms with Crippen molar-refractivity contribution in [3.63, 3.8) is 0 Å². The van der Waals surface area contributed by atoms with Crippen molar-refractivity contribution in [1.29, 1.82) is 0 Å².